The minimum absolute atomic E-state index is 0.171. The maximum absolute atomic E-state index is 12.7. The zero-order chi connectivity index (χ0) is 14.8. The minimum Gasteiger partial charge on any atom is -0.481 e. The van der Waals surface area contributed by atoms with Crippen LogP contribution in [0, 0.1) is 0 Å². The highest BCUT2D eigenvalue weighted by atomic mass is 19.4. The molecule has 0 amide bonds. The fourth-order valence-electron chi connectivity index (χ4n) is 1.75. The molecule has 104 valence electrons. The summed E-state index contributed by atoms with van der Waals surface area (Å²) >= 11 is 0. The van der Waals surface area contributed by atoms with Gasteiger partial charge in [-0.05, 0) is 23.8 Å². The summed E-state index contributed by atoms with van der Waals surface area (Å²) in [4.78, 5) is 14.9. The Morgan fingerprint density at radius 3 is 2.45 bits per heavy atom. The number of ether oxygens (including phenoxy) is 1. The summed E-state index contributed by atoms with van der Waals surface area (Å²) in [5.74, 6) is 0.341. The highest BCUT2D eigenvalue weighted by Gasteiger charge is 2.31. The number of nitrogens with zero attached hydrogens (tertiary/aromatic N) is 1. The van der Waals surface area contributed by atoms with Crippen molar-refractivity contribution in [3.63, 3.8) is 0 Å². The number of hydrogen-bond acceptors (Lipinski definition) is 3. The van der Waals surface area contributed by atoms with E-state index >= 15 is 0 Å². The second kappa shape index (κ2) is 5.32. The molecule has 0 spiro atoms. The van der Waals surface area contributed by atoms with Crippen LogP contribution in [0.5, 0.6) is 5.88 Å². The van der Waals surface area contributed by atoms with Crippen molar-refractivity contribution >= 4 is 6.29 Å². The number of benzene rings is 1. The Morgan fingerprint density at radius 2 is 1.95 bits per heavy atom. The monoisotopic (exact) mass is 281 g/mol. The lowest BCUT2D eigenvalue weighted by Crippen LogP contribution is -2.05. The molecule has 0 saturated heterocycles. The third kappa shape index (κ3) is 2.79. The van der Waals surface area contributed by atoms with Gasteiger partial charge in [-0.1, -0.05) is 6.07 Å². The van der Waals surface area contributed by atoms with Crippen LogP contribution in [0.4, 0.5) is 13.2 Å². The van der Waals surface area contributed by atoms with Gasteiger partial charge in [-0.2, -0.15) is 13.2 Å². The number of carbonyl (C=O) groups is 1. The average Bonchev–Trinajstić information content (AvgIpc) is 2.45. The second-order valence-electron chi connectivity index (χ2n) is 4.01. The Balaban J connectivity index is 2.54. The highest BCUT2D eigenvalue weighted by molar-refractivity contribution is 5.87. The van der Waals surface area contributed by atoms with Gasteiger partial charge in [-0.15, -0.1) is 0 Å². The molecule has 0 N–H and O–H groups in total. The molecule has 0 fully saturated rings. The molecule has 0 bridgehead atoms. The molecular formula is C14H10F3NO2. The molecule has 0 atom stereocenters. The molecule has 20 heavy (non-hydrogen) atoms. The topological polar surface area (TPSA) is 39.2 Å². The van der Waals surface area contributed by atoms with Gasteiger partial charge in [0.15, 0.2) is 6.29 Å². The fourth-order valence-corrected chi connectivity index (χ4v) is 1.75. The van der Waals surface area contributed by atoms with E-state index in [9.17, 15) is 18.0 Å². The molecule has 0 aliphatic rings. The van der Waals surface area contributed by atoms with Crippen molar-refractivity contribution < 1.29 is 22.7 Å². The molecule has 1 aromatic carbocycles. The minimum atomic E-state index is -4.46. The number of alkyl halides is 3. The Bertz CT molecular complexity index is 621. The molecule has 3 nitrogen and oxygen atoms in total. The van der Waals surface area contributed by atoms with Gasteiger partial charge in [0, 0.05) is 23.4 Å². The van der Waals surface area contributed by atoms with Crippen LogP contribution in [-0.2, 0) is 6.18 Å². The molecule has 0 radical (unpaired) electrons. The maximum atomic E-state index is 12.7. The maximum Gasteiger partial charge on any atom is 0.416 e. The molecule has 0 unspecified atom stereocenters. The fraction of sp³-hybridized carbons (Fsp3) is 0.143. The standard InChI is InChI=1S/C14H10F3NO2/c1-20-13-5-3-9(7-18-13)12-6-11(14(15,16)17)4-2-10(12)8-19/h2-8H,1H3. The van der Waals surface area contributed by atoms with Crippen LogP contribution in [-0.4, -0.2) is 18.4 Å². The van der Waals surface area contributed by atoms with Gasteiger partial charge in [-0.3, -0.25) is 4.79 Å². The van der Waals surface area contributed by atoms with Gasteiger partial charge < -0.3 is 4.74 Å². The van der Waals surface area contributed by atoms with Crippen LogP contribution < -0.4 is 4.74 Å². The molecule has 0 aliphatic carbocycles. The van der Waals surface area contributed by atoms with Gasteiger partial charge in [-0.25, -0.2) is 4.98 Å². The third-order valence-electron chi connectivity index (χ3n) is 2.76. The zero-order valence-corrected chi connectivity index (χ0v) is 10.4. The second-order valence-corrected chi connectivity index (χ2v) is 4.01. The number of halogens is 3. The predicted octanol–water partition coefficient (Wildman–Crippen LogP) is 3.59. The van der Waals surface area contributed by atoms with Crippen LogP contribution >= 0.6 is 0 Å². The number of hydrogen-bond donors (Lipinski definition) is 0. The molecule has 6 heteroatoms. The summed E-state index contributed by atoms with van der Waals surface area (Å²) in [5.41, 5.74) is -0.0390. The quantitative estimate of drug-likeness (QED) is 0.807. The van der Waals surface area contributed by atoms with Crippen LogP contribution in [0.2, 0.25) is 0 Å². The number of aromatic nitrogens is 1. The van der Waals surface area contributed by atoms with Crippen LogP contribution in [0.25, 0.3) is 11.1 Å². The summed E-state index contributed by atoms with van der Waals surface area (Å²) in [7, 11) is 1.43. The van der Waals surface area contributed by atoms with Crippen LogP contribution in [0.15, 0.2) is 36.5 Å². The lowest BCUT2D eigenvalue weighted by molar-refractivity contribution is -0.137. The summed E-state index contributed by atoms with van der Waals surface area (Å²) < 4.78 is 43.0. The van der Waals surface area contributed by atoms with Crippen LogP contribution in [0.1, 0.15) is 15.9 Å². The first-order valence-electron chi connectivity index (χ1n) is 5.62. The van der Waals surface area contributed by atoms with Gasteiger partial charge in [0.1, 0.15) is 0 Å². The molecule has 1 aromatic heterocycles. The highest BCUT2D eigenvalue weighted by Crippen LogP contribution is 2.33. The first-order chi connectivity index (χ1) is 9.45. The number of aldehydes is 1. The number of methoxy groups -OCH3 is 1. The average molecular weight is 281 g/mol. The van der Waals surface area contributed by atoms with E-state index in [0.29, 0.717) is 17.7 Å². The Hall–Kier alpha value is -2.37. The normalized spacial score (nSPS) is 11.2. The largest absolute Gasteiger partial charge is 0.481 e. The predicted molar refractivity (Wildman–Crippen MR) is 66.6 cm³/mol. The van der Waals surface area contributed by atoms with Crippen LogP contribution in [0.3, 0.4) is 0 Å². The van der Waals surface area contributed by atoms with Gasteiger partial charge in [0.05, 0.1) is 12.7 Å². The van der Waals surface area contributed by atoms with Crippen molar-refractivity contribution in [3.05, 3.63) is 47.7 Å². The van der Waals surface area contributed by atoms with E-state index in [4.69, 9.17) is 4.74 Å². The molecule has 2 rings (SSSR count). The first-order valence-corrected chi connectivity index (χ1v) is 5.62. The lowest BCUT2D eigenvalue weighted by Gasteiger charge is -2.11. The molecule has 1 heterocycles. The van der Waals surface area contributed by atoms with E-state index in [-0.39, 0.29) is 11.1 Å². The Kier molecular flexibility index (Phi) is 3.74. The number of pyridine rings is 1. The van der Waals surface area contributed by atoms with Crippen molar-refractivity contribution in [2.75, 3.05) is 7.11 Å². The molecule has 0 aliphatic heterocycles. The molecular weight excluding hydrogens is 271 g/mol. The summed E-state index contributed by atoms with van der Waals surface area (Å²) in [6.45, 7) is 0. The van der Waals surface area contributed by atoms with E-state index in [1.165, 1.54) is 19.4 Å². The summed E-state index contributed by atoms with van der Waals surface area (Å²) in [6.07, 6.45) is -2.59. The lowest BCUT2D eigenvalue weighted by atomic mass is 9.99. The Morgan fingerprint density at radius 1 is 1.20 bits per heavy atom. The third-order valence-corrected chi connectivity index (χ3v) is 2.76. The van der Waals surface area contributed by atoms with E-state index < -0.39 is 11.7 Å². The van der Waals surface area contributed by atoms with E-state index in [0.717, 1.165) is 18.2 Å². The van der Waals surface area contributed by atoms with E-state index in [1.807, 2.05) is 0 Å². The SMILES string of the molecule is COc1ccc(-c2cc(C(F)(F)F)ccc2C=O)cn1. The molecule has 2 aromatic rings. The Labute approximate surface area is 113 Å². The van der Waals surface area contributed by atoms with Gasteiger partial charge in [0.2, 0.25) is 5.88 Å². The van der Waals surface area contributed by atoms with Crippen molar-refractivity contribution in [2.24, 2.45) is 0 Å². The van der Waals surface area contributed by atoms with Crippen molar-refractivity contribution in [2.45, 2.75) is 6.18 Å². The van der Waals surface area contributed by atoms with Crippen molar-refractivity contribution in [1.29, 1.82) is 0 Å². The van der Waals surface area contributed by atoms with E-state index in [2.05, 4.69) is 4.98 Å². The van der Waals surface area contributed by atoms with Gasteiger partial charge >= 0.3 is 6.18 Å². The number of rotatable bonds is 3. The number of carbonyl (C=O) groups excluding carboxylic acids is 1. The van der Waals surface area contributed by atoms with Gasteiger partial charge in [0.25, 0.3) is 0 Å². The van der Waals surface area contributed by atoms with E-state index in [1.54, 1.807) is 6.07 Å². The zero-order valence-electron chi connectivity index (χ0n) is 10.4. The first kappa shape index (κ1) is 14.0. The summed E-state index contributed by atoms with van der Waals surface area (Å²) in [5, 5.41) is 0. The molecule has 0 saturated carbocycles. The van der Waals surface area contributed by atoms with Crippen molar-refractivity contribution in [1.82, 2.24) is 4.98 Å². The smallest absolute Gasteiger partial charge is 0.416 e. The summed E-state index contributed by atoms with van der Waals surface area (Å²) in [6, 6.07) is 6.03. The van der Waals surface area contributed by atoms with Crippen molar-refractivity contribution in [3.8, 4) is 17.0 Å².